The lowest BCUT2D eigenvalue weighted by Gasteiger charge is -2.38. The number of amides is 1. The van der Waals surface area contributed by atoms with Crippen molar-refractivity contribution in [3.05, 3.63) is 65.2 Å². The van der Waals surface area contributed by atoms with Gasteiger partial charge in [0.15, 0.2) is 0 Å². The van der Waals surface area contributed by atoms with Crippen LogP contribution in [-0.2, 0) is 34.9 Å². The zero-order chi connectivity index (χ0) is 23.8. The SMILES string of the molecule is CS(=O)NC(=O)C1CN(Cc2ccc(OCCCCCc3ccccc3)c(C(F)(F)F)c2)C1. The highest BCUT2D eigenvalue weighted by atomic mass is 32.2. The maximum atomic E-state index is 13.6. The van der Waals surface area contributed by atoms with Crippen LogP contribution in [0.25, 0.3) is 0 Å². The fraction of sp³-hybridized carbons (Fsp3) is 0.458. The number of nitrogens with one attached hydrogen (secondary N) is 1. The van der Waals surface area contributed by atoms with Crippen LogP contribution in [0.2, 0.25) is 0 Å². The fourth-order valence-electron chi connectivity index (χ4n) is 3.81. The smallest absolute Gasteiger partial charge is 0.419 e. The number of carbonyl (C=O) groups is 1. The van der Waals surface area contributed by atoms with Gasteiger partial charge in [-0.3, -0.25) is 14.4 Å². The highest BCUT2D eigenvalue weighted by molar-refractivity contribution is 7.82. The lowest BCUT2D eigenvalue weighted by Crippen LogP contribution is -2.53. The van der Waals surface area contributed by atoms with Gasteiger partial charge in [-0.1, -0.05) is 36.4 Å². The predicted octanol–water partition coefficient (Wildman–Crippen LogP) is 4.34. The Morgan fingerprint density at radius 1 is 1.09 bits per heavy atom. The molecule has 1 heterocycles. The van der Waals surface area contributed by atoms with Crippen LogP contribution in [0.4, 0.5) is 13.2 Å². The van der Waals surface area contributed by atoms with Crippen molar-refractivity contribution in [1.29, 1.82) is 0 Å². The van der Waals surface area contributed by atoms with E-state index < -0.39 is 22.7 Å². The van der Waals surface area contributed by atoms with Crippen molar-refractivity contribution in [3.8, 4) is 5.75 Å². The van der Waals surface area contributed by atoms with Gasteiger partial charge < -0.3 is 4.74 Å². The Bertz CT molecular complexity index is 948. The van der Waals surface area contributed by atoms with E-state index in [0.29, 0.717) is 31.6 Å². The second-order valence-corrected chi connectivity index (χ2v) is 9.40. The summed E-state index contributed by atoms with van der Waals surface area (Å²) in [4.78, 5) is 13.7. The third kappa shape index (κ3) is 7.85. The van der Waals surface area contributed by atoms with E-state index in [9.17, 15) is 22.2 Å². The number of benzene rings is 2. The summed E-state index contributed by atoms with van der Waals surface area (Å²) in [6.07, 6.45) is 0.331. The van der Waals surface area contributed by atoms with Gasteiger partial charge in [-0.25, -0.2) is 4.21 Å². The van der Waals surface area contributed by atoms with Crippen molar-refractivity contribution in [2.45, 2.75) is 38.4 Å². The molecule has 1 aliphatic rings. The van der Waals surface area contributed by atoms with Crippen LogP contribution in [0.5, 0.6) is 5.75 Å². The van der Waals surface area contributed by atoms with Gasteiger partial charge in [0.2, 0.25) is 5.91 Å². The van der Waals surface area contributed by atoms with Gasteiger partial charge in [0.05, 0.1) is 18.1 Å². The molecule has 3 rings (SSSR count). The molecule has 180 valence electrons. The number of rotatable bonds is 11. The zero-order valence-electron chi connectivity index (χ0n) is 18.6. The molecule has 0 radical (unpaired) electrons. The molecule has 0 spiro atoms. The van der Waals surface area contributed by atoms with E-state index in [1.165, 1.54) is 17.9 Å². The molecule has 33 heavy (non-hydrogen) atoms. The standard InChI is InChI=1S/C24H29F3N2O3S/c1-33(31)28-23(30)20-16-29(17-20)15-19-11-12-22(21(14-19)24(25,26)27)32-13-7-3-6-10-18-8-4-2-5-9-18/h2,4-5,8-9,11-12,14,20H,3,6-7,10,13,15-17H2,1H3,(H,28,30). The Morgan fingerprint density at radius 2 is 1.82 bits per heavy atom. The first-order valence-corrected chi connectivity index (χ1v) is 12.5. The Balaban J connectivity index is 1.47. The first-order valence-electron chi connectivity index (χ1n) is 11.0. The molecule has 0 aliphatic carbocycles. The summed E-state index contributed by atoms with van der Waals surface area (Å²) in [7, 11) is -1.42. The van der Waals surface area contributed by atoms with Crippen LogP contribution in [0.15, 0.2) is 48.5 Å². The number of hydrogen-bond donors (Lipinski definition) is 1. The van der Waals surface area contributed by atoms with E-state index in [2.05, 4.69) is 16.9 Å². The van der Waals surface area contributed by atoms with Gasteiger partial charge in [-0.05, 0) is 48.9 Å². The summed E-state index contributed by atoms with van der Waals surface area (Å²) >= 11 is 0. The molecule has 1 amide bonds. The summed E-state index contributed by atoms with van der Waals surface area (Å²) < 4.78 is 59.7. The molecular weight excluding hydrogens is 453 g/mol. The summed E-state index contributed by atoms with van der Waals surface area (Å²) in [6, 6.07) is 14.2. The van der Waals surface area contributed by atoms with Crippen molar-refractivity contribution in [2.24, 2.45) is 5.92 Å². The molecule has 0 saturated carbocycles. The van der Waals surface area contributed by atoms with Crippen LogP contribution in [0.3, 0.4) is 0 Å². The number of halogens is 3. The van der Waals surface area contributed by atoms with E-state index in [4.69, 9.17) is 4.74 Å². The average molecular weight is 483 g/mol. The van der Waals surface area contributed by atoms with E-state index in [0.717, 1.165) is 25.3 Å². The highest BCUT2D eigenvalue weighted by Gasteiger charge is 2.36. The van der Waals surface area contributed by atoms with Gasteiger partial charge >= 0.3 is 6.18 Å². The minimum absolute atomic E-state index is 0.152. The first kappa shape index (κ1) is 25.2. The molecule has 1 N–H and O–H groups in total. The molecule has 1 atom stereocenters. The Kier molecular flexibility index (Phi) is 8.91. The molecule has 1 aliphatic heterocycles. The van der Waals surface area contributed by atoms with E-state index in [1.807, 2.05) is 23.1 Å². The van der Waals surface area contributed by atoms with Crippen molar-refractivity contribution in [3.63, 3.8) is 0 Å². The minimum atomic E-state index is -4.51. The predicted molar refractivity (Wildman–Crippen MR) is 122 cm³/mol. The van der Waals surface area contributed by atoms with Crippen LogP contribution < -0.4 is 9.46 Å². The van der Waals surface area contributed by atoms with Crippen LogP contribution in [-0.4, -0.2) is 41.0 Å². The van der Waals surface area contributed by atoms with Crippen LogP contribution in [0.1, 0.15) is 36.0 Å². The third-order valence-electron chi connectivity index (χ3n) is 5.54. The number of nitrogens with zero attached hydrogens (tertiary/aromatic N) is 1. The highest BCUT2D eigenvalue weighted by Crippen LogP contribution is 2.37. The Labute approximate surface area is 194 Å². The number of hydrogen-bond acceptors (Lipinski definition) is 4. The first-order chi connectivity index (χ1) is 15.7. The fourth-order valence-corrected chi connectivity index (χ4v) is 4.26. The van der Waals surface area contributed by atoms with Crippen LogP contribution in [0, 0.1) is 5.92 Å². The maximum Gasteiger partial charge on any atom is 0.419 e. The van der Waals surface area contributed by atoms with Gasteiger partial charge in [-0.15, -0.1) is 0 Å². The van der Waals surface area contributed by atoms with E-state index in [1.54, 1.807) is 6.07 Å². The molecule has 1 fully saturated rings. The largest absolute Gasteiger partial charge is 0.493 e. The topological polar surface area (TPSA) is 58.6 Å². The Morgan fingerprint density at radius 3 is 2.48 bits per heavy atom. The summed E-state index contributed by atoms with van der Waals surface area (Å²) in [5.41, 5.74) is 0.985. The molecule has 2 aromatic carbocycles. The lowest BCUT2D eigenvalue weighted by atomic mass is 9.98. The number of unbranched alkanes of at least 4 members (excludes halogenated alkanes) is 2. The van der Waals surface area contributed by atoms with E-state index in [-0.39, 0.29) is 24.2 Å². The summed E-state index contributed by atoms with van der Waals surface area (Å²) in [6.45, 7) is 1.39. The molecule has 5 nitrogen and oxygen atoms in total. The number of ether oxygens (including phenoxy) is 1. The summed E-state index contributed by atoms with van der Waals surface area (Å²) in [5, 5.41) is 0. The van der Waals surface area contributed by atoms with Crippen molar-refractivity contribution in [1.82, 2.24) is 9.62 Å². The van der Waals surface area contributed by atoms with Crippen molar-refractivity contribution in [2.75, 3.05) is 26.0 Å². The van der Waals surface area contributed by atoms with Gasteiger partial charge in [0.1, 0.15) is 16.7 Å². The molecule has 2 aromatic rings. The van der Waals surface area contributed by atoms with Gasteiger partial charge in [0, 0.05) is 25.9 Å². The molecule has 0 bridgehead atoms. The van der Waals surface area contributed by atoms with Crippen LogP contribution >= 0.6 is 0 Å². The number of alkyl halides is 3. The maximum absolute atomic E-state index is 13.6. The van der Waals surface area contributed by atoms with Crippen molar-refractivity contribution < 1.29 is 26.9 Å². The van der Waals surface area contributed by atoms with Crippen molar-refractivity contribution >= 4 is 16.9 Å². The van der Waals surface area contributed by atoms with E-state index >= 15 is 0 Å². The quantitative estimate of drug-likeness (QED) is 0.484. The second kappa shape index (κ2) is 11.7. The average Bonchev–Trinajstić information content (AvgIpc) is 2.73. The lowest BCUT2D eigenvalue weighted by molar-refractivity contribution is -0.139. The third-order valence-corrected chi connectivity index (χ3v) is 6.03. The van der Waals surface area contributed by atoms with Gasteiger partial charge in [-0.2, -0.15) is 13.2 Å². The number of carbonyl (C=O) groups excluding carboxylic acids is 1. The minimum Gasteiger partial charge on any atom is -0.493 e. The molecule has 0 aromatic heterocycles. The number of likely N-dealkylation sites (tertiary alicyclic amines) is 1. The second-order valence-electron chi connectivity index (χ2n) is 8.28. The normalized spacial score (nSPS) is 15.6. The van der Waals surface area contributed by atoms with Gasteiger partial charge in [0.25, 0.3) is 0 Å². The zero-order valence-corrected chi connectivity index (χ0v) is 19.4. The molecule has 9 heteroatoms. The monoisotopic (exact) mass is 482 g/mol. The molecule has 1 saturated heterocycles. The summed E-state index contributed by atoms with van der Waals surface area (Å²) in [5.74, 6) is -0.739. The molecule has 1 unspecified atom stereocenters. The molecular formula is C24H29F3N2O3S. The Hall–Kier alpha value is -2.39. The number of aryl methyl sites for hydroxylation is 1.